The molecular weight excluding hydrogens is 188 g/mol. The van der Waals surface area contributed by atoms with Gasteiger partial charge in [0.25, 0.3) is 0 Å². The van der Waals surface area contributed by atoms with Crippen LogP contribution in [-0.2, 0) is 11.2 Å². The molecule has 0 saturated carbocycles. The second-order valence-corrected chi connectivity index (χ2v) is 3.81. The van der Waals surface area contributed by atoms with Gasteiger partial charge < -0.3 is 9.84 Å². The molecule has 72 valence electrons. The van der Waals surface area contributed by atoms with Gasteiger partial charge in [-0.1, -0.05) is 13.3 Å². The second-order valence-electron chi connectivity index (χ2n) is 2.67. The summed E-state index contributed by atoms with van der Waals surface area (Å²) in [5.41, 5.74) is 0. The number of esters is 1. The summed E-state index contributed by atoms with van der Waals surface area (Å²) in [5, 5.41) is 9.37. The number of ether oxygens (including phenoxy) is 1. The van der Waals surface area contributed by atoms with Crippen molar-refractivity contribution in [1.82, 2.24) is 0 Å². The monoisotopic (exact) mass is 200 g/mol. The van der Waals surface area contributed by atoms with Crippen molar-refractivity contribution in [2.45, 2.75) is 19.8 Å². The van der Waals surface area contributed by atoms with E-state index in [-0.39, 0.29) is 5.75 Å². The summed E-state index contributed by atoms with van der Waals surface area (Å²) in [5.74, 6) is -0.440. The predicted molar refractivity (Wildman–Crippen MR) is 51.3 cm³/mol. The molecule has 0 aliphatic heterocycles. The lowest BCUT2D eigenvalue weighted by atomic mass is 10.3. The smallest absolute Gasteiger partial charge is 0.351 e. The zero-order valence-corrected chi connectivity index (χ0v) is 8.48. The van der Waals surface area contributed by atoms with E-state index in [2.05, 4.69) is 11.7 Å². The first-order valence-corrected chi connectivity index (χ1v) is 4.90. The van der Waals surface area contributed by atoms with Crippen LogP contribution in [0.2, 0.25) is 0 Å². The van der Waals surface area contributed by atoms with E-state index in [0.717, 1.165) is 17.7 Å². The van der Waals surface area contributed by atoms with Gasteiger partial charge in [-0.15, -0.1) is 11.3 Å². The molecule has 1 rings (SSSR count). The van der Waals surface area contributed by atoms with E-state index in [1.54, 1.807) is 6.07 Å². The molecule has 0 spiro atoms. The molecule has 1 heterocycles. The number of carbonyl (C=O) groups excluding carboxylic acids is 1. The van der Waals surface area contributed by atoms with Crippen LogP contribution in [0.5, 0.6) is 5.75 Å². The third kappa shape index (κ3) is 2.21. The number of aryl methyl sites for hydroxylation is 1. The fourth-order valence-electron chi connectivity index (χ4n) is 1.04. The van der Waals surface area contributed by atoms with Gasteiger partial charge >= 0.3 is 5.97 Å². The van der Waals surface area contributed by atoms with Crippen molar-refractivity contribution in [2.75, 3.05) is 7.11 Å². The van der Waals surface area contributed by atoms with Crippen LogP contribution in [0.4, 0.5) is 0 Å². The second kappa shape index (κ2) is 4.28. The lowest BCUT2D eigenvalue weighted by Gasteiger charge is -1.93. The Hall–Kier alpha value is -1.03. The zero-order valence-electron chi connectivity index (χ0n) is 7.66. The minimum atomic E-state index is -0.468. The molecule has 1 N–H and O–H groups in total. The van der Waals surface area contributed by atoms with Gasteiger partial charge in [-0.2, -0.15) is 0 Å². The van der Waals surface area contributed by atoms with Crippen LogP contribution in [0.25, 0.3) is 0 Å². The lowest BCUT2D eigenvalue weighted by Crippen LogP contribution is -1.97. The van der Waals surface area contributed by atoms with Crippen LogP contribution in [-0.4, -0.2) is 18.2 Å². The molecule has 0 aliphatic rings. The Labute approximate surface area is 81.0 Å². The Morgan fingerprint density at radius 2 is 2.38 bits per heavy atom. The summed E-state index contributed by atoms with van der Waals surface area (Å²) < 4.78 is 4.52. The number of methoxy groups -OCH3 is 1. The molecule has 13 heavy (non-hydrogen) atoms. The van der Waals surface area contributed by atoms with Crippen LogP contribution >= 0.6 is 11.3 Å². The van der Waals surface area contributed by atoms with Crippen molar-refractivity contribution in [2.24, 2.45) is 0 Å². The number of thiophene rings is 1. The van der Waals surface area contributed by atoms with Crippen molar-refractivity contribution in [3.05, 3.63) is 15.8 Å². The molecule has 4 heteroatoms. The van der Waals surface area contributed by atoms with Gasteiger partial charge in [0.2, 0.25) is 0 Å². The number of aromatic hydroxyl groups is 1. The first-order chi connectivity index (χ1) is 6.19. The van der Waals surface area contributed by atoms with E-state index in [1.165, 1.54) is 18.4 Å². The molecule has 1 aromatic heterocycles. The summed E-state index contributed by atoms with van der Waals surface area (Å²) >= 11 is 1.29. The number of carbonyl (C=O) groups is 1. The third-order valence-corrected chi connectivity index (χ3v) is 2.79. The highest BCUT2D eigenvalue weighted by atomic mass is 32.1. The quantitative estimate of drug-likeness (QED) is 0.761. The topological polar surface area (TPSA) is 46.5 Å². The van der Waals surface area contributed by atoms with E-state index in [1.807, 2.05) is 0 Å². The largest absolute Gasteiger partial charge is 0.506 e. The summed E-state index contributed by atoms with van der Waals surface area (Å²) in [4.78, 5) is 12.4. The fraction of sp³-hybridized carbons (Fsp3) is 0.444. The summed E-state index contributed by atoms with van der Waals surface area (Å²) in [6.45, 7) is 2.05. The van der Waals surface area contributed by atoms with Crippen LogP contribution in [0.15, 0.2) is 6.07 Å². The van der Waals surface area contributed by atoms with Crippen molar-refractivity contribution < 1.29 is 14.6 Å². The highest BCUT2D eigenvalue weighted by Gasteiger charge is 2.15. The van der Waals surface area contributed by atoms with Crippen LogP contribution in [0, 0.1) is 0 Å². The molecular formula is C9H12O3S. The number of rotatable bonds is 3. The molecule has 0 aliphatic carbocycles. The predicted octanol–water partition coefficient (Wildman–Crippen LogP) is 2.19. The Morgan fingerprint density at radius 1 is 1.69 bits per heavy atom. The molecule has 0 amide bonds. The maximum absolute atomic E-state index is 11.1. The van der Waals surface area contributed by atoms with Gasteiger partial charge in [0.15, 0.2) is 4.88 Å². The maximum atomic E-state index is 11.1. The van der Waals surface area contributed by atoms with Gasteiger partial charge in [-0.25, -0.2) is 4.79 Å². The van der Waals surface area contributed by atoms with Gasteiger partial charge in [0.1, 0.15) is 5.75 Å². The molecule has 1 aromatic rings. The fourth-order valence-corrected chi connectivity index (χ4v) is 2.11. The molecule has 0 saturated heterocycles. The van der Waals surface area contributed by atoms with Crippen molar-refractivity contribution in [3.8, 4) is 5.75 Å². The Morgan fingerprint density at radius 3 is 2.92 bits per heavy atom. The standard InChI is InChI=1S/C9H12O3S/c1-3-4-6-5-7(10)8(13-6)9(11)12-2/h5,10H,3-4H2,1-2H3. The molecule has 0 atom stereocenters. The molecule has 0 unspecified atom stereocenters. The van der Waals surface area contributed by atoms with Gasteiger partial charge in [0.05, 0.1) is 7.11 Å². The van der Waals surface area contributed by atoms with E-state index in [9.17, 15) is 9.90 Å². The van der Waals surface area contributed by atoms with Crippen molar-refractivity contribution in [1.29, 1.82) is 0 Å². The minimum absolute atomic E-state index is 0.0281. The van der Waals surface area contributed by atoms with E-state index >= 15 is 0 Å². The normalized spacial score (nSPS) is 10.0. The van der Waals surface area contributed by atoms with Crippen molar-refractivity contribution in [3.63, 3.8) is 0 Å². The first-order valence-electron chi connectivity index (χ1n) is 4.09. The highest BCUT2D eigenvalue weighted by molar-refractivity contribution is 7.14. The molecule has 0 fully saturated rings. The number of hydrogen-bond acceptors (Lipinski definition) is 4. The molecule has 3 nitrogen and oxygen atoms in total. The Balaban J connectivity index is 2.89. The van der Waals surface area contributed by atoms with E-state index in [0.29, 0.717) is 4.88 Å². The van der Waals surface area contributed by atoms with Crippen LogP contribution in [0.1, 0.15) is 27.9 Å². The number of hydrogen-bond donors (Lipinski definition) is 1. The molecule has 0 aromatic carbocycles. The SMILES string of the molecule is CCCc1cc(O)c(C(=O)OC)s1. The zero-order chi connectivity index (χ0) is 9.84. The molecule has 0 bridgehead atoms. The van der Waals surface area contributed by atoms with Crippen LogP contribution < -0.4 is 0 Å². The van der Waals surface area contributed by atoms with E-state index < -0.39 is 5.97 Å². The highest BCUT2D eigenvalue weighted by Crippen LogP contribution is 2.29. The van der Waals surface area contributed by atoms with Gasteiger partial charge in [-0.3, -0.25) is 0 Å². The summed E-state index contributed by atoms with van der Waals surface area (Å²) in [6.07, 6.45) is 1.88. The Bertz CT molecular complexity index is 304. The minimum Gasteiger partial charge on any atom is -0.506 e. The maximum Gasteiger partial charge on any atom is 0.351 e. The summed E-state index contributed by atoms with van der Waals surface area (Å²) in [6, 6.07) is 1.63. The van der Waals surface area contributed by atoms with Crippen molar-refractivity contribution >= 4 is 17.3 Å². The lowest BCUT2D eigenvalue weighted by molar-refractivity contribution is 0.0603. The third-order valence-electron chi connectivity index (χ3n) is 1.63. The van der Waals surface area contributed by atoms with Gasteiger partial charge in [0, 0.05) is 4.88 Å². The first kappa shape index (κ1) is 10.1. The average Bonchev–Trinajstić information content (AvgIpc) is 2.46. The van der Waals surface area contributed by atoms with E-state index in [4.69, 9.17) is 0 Å². The van der Waals surface area contributed by atoms with Gasteiger partial charge in [-0.05, 0) is 12.5 Å². The summed E-state index contributed by atoms with van der Waals surface area (Å²) in [7, 11) is 1.31. The van der Waals surface area contributed by atoms with Crippen LogP contribution in [0.3, 0.4) is 0 Å². The molecule has 0 radical (unpaired) electrons. The Kier molecular flexibility index (Phi) is 3.31. The average molecular weight is 200 g/mol.